The second kappa shape index (κ2) is 8.47. The topological polar surface area (TPSA) is 9.86 Å². The smallest absolute Gasteiger partial charge is 0.0548 e. The lowest BCUT2D eigenvalue weighted by Gasteiger charge is -2.10. The third kappa shape index (κ3) is 3.28. The van der Waals surface area contributed by atoms with Crippen LogP contribution in [0.15, 0.2) is 140 Å². The fourth-order valence-electron chi connectivity index (χ4n) is 6.20. The Morgan fingerprint density at radius 1 is 0.359 bits per heavy atom. The van der Waals surface area contributed by atoms with Crippen molar-refractivity contribution >= 4 is 43.6 Å². The minimum absolute atomic E-state index is 1.17. The van der Waals surface area contributed by atoms with Gasteiger partial charge in [0.1, 0.15) is 0 Å². The molecule has 2 heteroatoms. The van der Waals surface area contributed by atoms with E-state index in [0.717, 1.165) is 0 Å². The van der Waals surface area contributed by atoms with Crippen molar-refractivity contribution in [1.29, 1.82) is 0 Å². The Hall–Kier alpha value is -5.08. The Labute approximate surface area is 227 Å². The third-order valence-electron chi connectivity index (χ3n) is 8.00. The maximum absolute atomic E-state index is 2.41. The molecule has 0 bridgehead atoms. The van der Waals surface area contributed by atoms with E-state index in [2.05, 4.69) is 156 Å². The molecule has 0 aliphatic heterocycles. The quantitative estimate of drug-likeness (QED) is 0.229. The molecule has 0 saturated heterocycles. The average Bonchev–Trinajstić information content (AvgIpc) is 3.51. The van der Waals surface area contributed by atoms with Crippen molar-refractivity contribution in [3.8, 4) is 22.5 Å². The Balaban J connectivity index is 1.45. The van der Waals surface area contributed by atoms with Crippen molar-refractivity contribution in [3.63, 3.8) is 0 Å². The molecule has 184 valence electrons. The predicted octanol–water partition coefficient (Wildman–Crippen LogP) is 9.86. The van der Waals surface area contributed by atoms with E-state index in [9.17, 15) is 0 Å². The van der Waals surface area contributed by atoms with Gasteiger partial charge in [0.05, 0.1) is 22.1 Å². The number of para-hydroxylation sites is 2. The first-order valence-electron chi connectivity index (χ1n) is 13.5. The maximum Gasteiger partial charge on any atom is 0.0548 e. The van der Waals surface area contributed by atoms with Crippen molar-refractivity contribution in [2.45, 2.75) is 6.92 Å². The highest BCUT2D eigenvalue weighted by molar-refractivity contribution is 6.28. The summed E-state index contributed by atoms with van der Waals surface area (Å²) in [5, 5.41) is 5.16. The highest BCUT2D eigenvalue weighted by Crippen LogP contribution is 2.42. The summed E-state index contributed by atoms with van der Waals surface area (Å²) in [5.41, 5.74) is 11.0. The molecule has 0 amide bonds. The Morgan fingerprint density at radius 2 is 0.795 bits per heavy atom. The van der Waals surface area contributed by atoms with E-state index >= 15 is 0 Å². The largest absolute Gasteiger partial charge is 0.309 e. The molecule has 0 atom stereocenters. The molecule has 0 saturated carbocycles. The molecule has 8 rings (SSSR count). The summed E-state index contributed by atoms with van der Waals surface area (Å²) in [6.07, 6.45) is 0. The number of rotatable bonds is 3. The van der Waals surface area contributed by atoms with Crippen molar-refractivity contribution in [3.05, 3.63) is 145 Å². The first kappa shape index (κ1) is 22.0. The minimum atomic E-state index is 1.17. The first-order valence-corrected chi connectivity index (χ1v) is 13.5. The summed E-state index contributed by atoms with van der Waals surface area (Å²) in [4.78, 5) is 0. The van der Waals surface area contributed by atoms with Crippen LogP contribution < -0.4 is 0 Å². The second-order valence-corrected chi connectivity index (χ2v) is 10.3. The summed E-state index contributed by atoms with van der Waals surface area (Å²) < 4.78 is 4.82. The summed E-state index contributed by atoms with van der Waals surface area (Å²) in [7, 11) is 0. The highest BCUT2D eigenvalue weighted by atomic mass is 15.0. The van der Waals surface area contributed by atoms with Gasteiger partial charge in [0.2, 0.25) is 0 Å². The summed E-state index contributed by atoms with van der Waals surface area (Å²) in [5.74, 6) is 0. The van der Waals surface area contributed by atoms with E-state index in [1.165, 1.54) is 71.7 Å². The lowest BCUT2D eigenvalue weighted by molar-refractivity contribution is 1.17. The van der Waals surface area contributed by atoms with Crippen molar-refractivity contribution in [2.24, 2.45) is 0 Å². The van der Waals surface area contributed by atoms with Crippen LogP contribution in [-0.4, -0.2) is 9.13 Å². The maximum atomic E-state index is 2.41. The van der Waals surface area contributed by atoms with E-state index in [0.29, 0.717) is 0 Å². The molecule has 8 aromatic rings. The van der Waals surface area contributed by atoms with Crippen LogP contribution in [-0.2, 0) is 0 Å². The Kier molecular flexibility index (Phi) is 4.77. The lowest BCUT2D eigenvalue weighted by Crippen LogP contribution is -1.95. The molecule has 0 spiro atoms. The van der Waals surface area contributed by atoms with Crippen LogP contribution in [0.2, 0.25) is 0 Å². The number of fused-ring (bicyclic) bond motifs is 7. The van der Waals surface area contributed by atoms with Gasteiger partial charge in [-0.05, 0) is 66.6 Å². The van der Waals surface area contributed by atoms with Crippen LogP contribution >= 0.6 is 0 Å². The van der Waals surface area contributed by atoms with E-state index in [1.54, 1.807) is 0 Å². The van der Waals surface area contributed by atoms with Crippen LogP contribution in [0.25, 0.3) is 66.1 Å². The van der Waals surface area contributed by atoms with Gasteiger partial charge >= 0.3 is 0 Å². The molecular formula is C37H26N2. The number of aromatic nitrogens is 2. The van der Waals surface area contributed by atoms with Gasteiger partial charge in [-0.25, -0.2) is 0 Å². The Morgan fingerprint density at radius 3 is 1.33 bits per heavy atom. The monoisotopic (exact) mass is 498 g/mol. The molecule has 0 aliphatic carbocycles. The molecule has 0 radical (unpaired) electrons. The second-order valence-electron chi connectivity index (χ2n) is 10.3. The minimum Gasteiger partial charge on any atom is -0.309 e. The lowest BCUT2D eigenvalue weighted by atomic mass is 10.1. The SMILES string of the molecule is Cc1ccc(-n2c3ccccc3c3c4c5ccccc5n(-c5ccc(-c6ccccc6)cc5)c4ccc32)cc1. The zero-order chi connectivity index (χ0) is 25.9. The normalized spacial score (nSPS) is 11.7. The van der Waals surface area contributed by atoms with Gasteiger partial charge in [-0.15, -0.1) is 0 Å². The van der Waals surface area contributed by atoms with Gasteiger partial charge < -0.3 is 9.13 Å². The number of aryl methyl sites for hydroxylation is 1. The fourth-order valence-corrected chi connectivity index (χ4v) is 6.20. The van der Waals surface area contributed by atoms with E-state index < -0.39 is 0 Å². The summed E-state index contributed by atoms with van der Waals surface area (Å²) >= 11 is 0. The molecule has 2 aromatic heterocycles. The van der Waals surface area contributed by atoms with E-state index in [-0.39, 0.29) is 0 Å². The number of benzene rings is 6. The van der Waals surface area contributed by atoms with Crippen LogP contribution in [0.3, 0.4) is 0 Å². The molecule has 39 heavy (non-hydrogen) atoms. The molecule has 0 N–H and O–H groups in total. The van der Waals surface area contributed by atoms with Gasteiger partial charge in [0.15, 0.2) is 0 Å². The van der Waals surface area contributed by atoms with Gasteiger partial charge in [0, 0.05) is 32.9 Å². The highest BCUT2D eigenvalue weighted by Gasteiger charge is 2.20. The van der Waals surface area contributed by atoms with Crippen LogP contribution in [0.5, 0.6) is 0 Å². The number of nitrogens with zero attached hydrogens (tertiary/aromatic N) is 2. The standard InChI is InChI=1S/C37H26N2/c1-25-15-19-28(20-16-25)38-32-13-7-5-11-30(32)36-34(38)23-24-35-37(36)31-12-6-8-14-33(31)39(35)29-21-17-27(18-22-29)26-9-3-2-4-10-26/h2-24H,1H3. The van der Waals surface area contributed by atoms with E-state index in [4.69, 9.17) is 0 Å². The van der Waals surface area contributed by atoms with Crippen molar-refractivity contribution in [2.75, 3.05) is 0 Å². The first-order chi connectivity index (χ1) is 19.3. The molecule has 2 heterocycles. The van der Waals surface area contributed by atoms with Gasteiger partial charge in [-0.3, -0.25) is 0 Å². The Bertz CT molecular complexity index is 2140. The number of hydrogen-bond acceptors (Lipinski definition) is 0. The molecule has 0 aliphatic rings. The number of hydrogen-bond donors (Lipinski definition) is 0. The molecule has 0 unspecified atom stereocenters. The summed E-state index contributed by atoms with van der Waals surface area (Å²) in [6.45, 7) is 2.14. The van der Waals surface area contributed by atoms with Crippen molar-refractivity contribution < 1.29 is 0 Å². The van der Waals surface area contributed by atoms with E-state index in [1.807, 2.05) is 0 Å². The van der Waals surface area contributed by atoms with Crippen molar-refractivity contribution in [1.82, 2.24) is 9.13 Å². The zero-order valence-corrected chi connectivity index (χ0v) is 21.7. The average molecular weight is 499 g/mol. The third-order valence-corrected chi connectivity index (χ3v) is 8.00. The zero-order valence-electron chi connectivity index (χ0n) is 21.7. The van der Waals surface area contributed by atoms with Crippen LogP contribution in [0, 0.1) is 6.92 Å². The molecule has 2 nitrogen and oxygen atoms in total. The van der Waals surface area contributed by atoms with Gasteiger partial charge in [-0.1, -0.05) is 96.6 Å². The van der Waals surface area contributed by atoms with Crippen LogP contribution in [0.4, 0.5) is 0 Å². The van der Waals surface area contributed by atoms with Gasteiger partial charge in [0.25, 0.3) is 0 Å². The predicted molar refractivity (Wildman–Crippen MR) is 165 cm³/mol. The fraction of sp³-hybridized carbons (Fsp3) is 0.0270. The molecular weight excluding hydrogens is 472 g/mol. The molecule has 6 aromatic carbocycles. The summed E-state index contributed by atoms with van der Waals surface area (Å²) in [6, 6.07) is 50.6. The van der Waals surface area contributed by atoms with Gasteiger partial charge in [-0.2, -0.15) is 0 Å². The molecule has 0 fully saturated rings. The van der Waals surface area contributed by atoms with Crippen LogP contribution in [0.1, 0.15) is 5.56 Å².